The minimum Gasteiger partial charge on any atom is -0.381 e. The van der Waals surface area contributed by atoms with Gasteiger partial charge in [-0.15, -0.1) is 0 Å². The quantitative estimate of drug-likeness (QED) is 0.781. The number of rotatable bonds is 4. The van der Waals surface area contributed by atoms with Crippen molar-refractivity contribution >= 4 is 5.78 Å². The molecule has 1 saturated heterocycles. The third-order valence-corrected chi connectivity index (χ3v) is 3.13. The molecule has 2 heterocycles. The molecule has 0 aromatic carbocycles. The number of likely N-dealkylation sites (tertiary alicyclic amines) is 1. The molecular formula is C12H18N2O2. The Balaban J connectivity index is 1.81. The van der Waals surface area contributed by atoms with E-state index in [1.165, 1.54) is 0 Å². The van der Waals surface area contributed by atoms with Crippen molar-refractivity contribution in [3.8, 4) is 0 Å². The van der Waals surface area contributed by atoms with Crippen LogP contribution in [-0.2, 0) is 4.74 Å². The second kappa shape index (κ2) is 5.27. The Morgan fingerprint density at radius 1 is 1.56 bits per heavy atom. The number of ether oxygens (including phenoxy) is 1. The van der Waals surface area contributed by atoms with Gasteiger partial charge in [-0.1, -0.05) is 0 Å². The van der Waals surface area contributed by atoms with Crippen LogP contribution in [0, 0.1) is 0 Å². The lowest BCUT2D eigenvalue weighted by atomic mass is 10.1. The summed E-state index contributed by atoms with van der Waals surface area (Å²) in [6.45, 7) is 2.41. The highest BCUT2D eigenvalue weighted by Gasteiger charge is 2.20. The average molecular weight is 222 g/mol. The Labute approximate surface area is 95.6 Å². The van der Waals surface area contributed by atoms with E-state index < -0.39 is 0 Å². The van der Waals surface area contributed by atoms with Gasteiger partial charge in [0.25, 0.3) is 0 Å². The van der Waals surface area contributed by atoms with Crippen LogP contribution in [0.4, 0.5) is 0 Å². The largest absolute Gasteiger partial charge is 0.381 e. The molecule has 1 fully saturated rings. The Kier molecular flexibility index (Phi) is 3.74. The Hall–Kier alpha value is -1.13. The minimum absolute atomic E-state index is 0.167. The number of Topliss-reactive ketones (excluding diaryl/α,β-unsaturated/α-hetero) is 1. The van der Waals surface area contributed by atoms with E-state index in [9.17, 15) is 4.79 Å². The third kappa shape index (κ3) is 2.71. The summed E-state index contributed by atoms with van der Waals surface area (Å²) in [5, 5.41) is 0. The van der Waals surface area contributed by atoms with Crippen molar-refractivity contribution in [1.82, 2.24) is 9.88 Å². The van der Waals surface area contributed by atoms with Gasteiger partial charge < -0.3 is 9.72 Å². The van der Waals surface area contributed by atoms with Crippen molar-refractivity contribution < 1.29 is 9.53 Å². The molecule has 16 heavy (non-hydrogen) atoms. The van der Waals surface area contributed by atoms with Crippen molar-refractivity contribution in [3.05, 3.63) is 24.0 Å². The number of carbonyl (C=O) groups excluding carboxylic acids is 1. The molecule has 1 aromatic heterocycles. The summed E-state index contributed by atoms with van der Waals surface area (Å²) in [5.74, 6) is 0.167. The van der Waals surface area contributed by atoms with E-state index in [-0.39, 0.29) is 5.78 Å². The van der Waals surface area contributed by atoms with Crippen molar-refractivity contribution in [3.63, 3.8) is 0 Å². The van der Waals surface area contributed by atoms with Gasteiger partial charge >= 0.3 is 0 Å². The molecule has 0 atom stereocenters. The first kappa shape index (κ1) is 11.4. The summed E-state index contributed by atoms with van der Waals surface area (Å²) in [5.41, 5.74) is 0.703. The van der Waals surface area contributed by atoms with Crippen LogP contribution in [-0.4, -0.2) is 48.5 Å². The van der Waals surface area contributed by atoms with Crippen LogP contribution < -0.4 is 0 Å². The lowest BCUT2D eigenvalue weighted by Gasteiger charge is -2.30. The van der Waals surface area contributed by atoms with E-state index in [1.807, 2.05) is 12.1 Å². The zero-order valence-electron chi connectivity index (χ0n) is 9.61. The number of aromatic nitrogens is 1. The molecule has 0 spiro atoms. The van der Waals surface area contributed by atoms with Gasteiger partial charge in [-0.25, -0.2) is 0 Å². The first-order valence-corrected chi connectivity index (χ1v) is 5.71. The van der Waals surface area contributed by atoms with Crippen LogP contribution in [0.1, 0.15) is 23.3 Å². The van der Waals surface area contributed by atoms with Crippen molar-refractivity contribution in [2.75, 3.05) is 26.7 Å². The zero-order valence-corrected chi connectivity index (χ0v) is 9.61. The predicted molar refractivity (Wildman–Crippen MR) is 61.6 cm³/mol. The highest BCUT2D eigenvalue weighted by atomic mass is 16.5. The molecule has 1 N–H and O–H groups in total. The number of hydrogen-bond acceptors (Lipinski definition) is 3. The molecule has 0 amide bonds. The zero-order chi connectivity index (χ0) is 11.4. The lowest BCUT2D eigenvalue weighted by Crippen LogP contribution is -2.39. The highest BCUT2D eigenvalue weighted by molar-refractivity contribution is 5.95. The van der Waals surface area contributed by atoms with Crippen LogP contribution >= 0.6 is 0 Å². The Morgan fingerprint density at radius 2 is 2.31 bits per heavy atom. The van der Waals surface area contributed by atoms with Crippen LogP contribution in [0.5, 0.6) is 0 Å². The van der Waals surface area contributed by atoms with Gasteiger partial charge in [-0.2, -0.15) is 0 Å². The first-order valence-electron chi connectivity index (χ1n) is 5.71. The number of piperidine rings is 1. The number of H-pyrrole nitrogens is 1. The van der Waals surface area contributed by atoms with Crippen molar-refractivity contribution in [2.45, 2.75) is 18.9 Å². The third-order valence-electron chi connectivity index (χ3n) is 3.13. The monoisotopic (exact) mass is 222 g/mol. The average Bonchev–Trinajstić information content (AvgIpc) is 2.83. The predicted octanol–water partition coefficient (Wildman–Crippen LogP) is 1.31. The maximum absolute atomic E-state index is 11.8. The number of nitrogens with one attached hydrogen (secondary N) is 1. The maximum atomic E-state index is 11.8. The van der Waals surface area contributed by atoms with Gasteiger partial charge in [0, 0.05) is 26.4 Å². The second-order valence-electron chi connectivity index (χ2n) is 4.22. The number of methoxy groups -OCH3 is 1. The Bertz CT molecular complexity index is 327. The van der Waals surface area contributed by atoms with Gasteiger partial charge in [-0.3, -0.25) is 9.69 Å². The number of hydrogen-bond donors (Lipinski definition) is 1. The molecule has 0 aliphatic carbocycles. The number of aromatic amines is 1. The molecule has 4 heteroatoms. The molecule has 1 aliphatic heterocycles. The van der Waals surface area contributed by atoms with Gasteiger partial charge in [0.15, 0.2) is 5.78 Å². The maximum Gasteiger partial charge on any atom is 0.192 e. The van der Waals surface area contributed by atoms with E-state index >= 15 is 0 Å². The highest BCUT2D eigenvalue weighted by Crippen LogP contribution is 2.13. The van der Waals surface area contributed by atoms with E-state index in [0.717, 1.165) is 25.9 Å². The number of carbonyl (C=O) groups is 1. The number of ketones is 1. The fourth-order valence-corrected chi connectivity index (χ4v) is 2.10. The summed E-state index contributed by atoms with van der Waals surface area (Å²) in [6.07, 6.45) is 4.20. The SMILES string of the molecule is COC1CCN(CC(=O)c2ccc[nH]2)CC1. The summed E-state index contributed by atoms with van der Waals surface area (Å²) in [7, 11) is 1.75. The molecule has 2 rings (SSSR count). The minimum atomic E-state index is 0.167. The van der Waals surface area contributed by atoms with E-state index in [4.69, 9.17) is 4.74 Å². The van der Waals surface area contributed by atoms with Gasteiger partial charge in [0.1, 0.15) is 0 Å². The summed E-state index contributed by atoms with van der Waals surface area (Å²) in [4.78, 5) is 17.0. The topological polar surface area (TPSA) is 45.3 Å². The fourth-order valence-electron chi connectivity index (χ4n) is 2.10. The van der Waals surface area contributed by atoms with E-state index in [2.05, 4.69) is 9.88 Å². The molecular weight excluding hydrogens is 204 g/mol. The van der Waals surface area contributed by atoms with E-state index in [0.29, 0.717) is 18.3 Å². The van der Waals surface area contributed by atoms with Crippen molar-refractivity contribution in [2.24, 2.45) is 0 Å². The molecule has 88 valence electrons. The van der Waals surface area contributed by atoms with Gasteiger partial charge in [0.05, 0.1) is 18.3 Å². The van der Waals surface area contributed by atoms with Crippen LogP contribution in [0.15, 0.2) is 18.3 Å². The normalized spacial score (nSPS) is 18.8. The second-order valence-corrected chi connectivity index (χ2v) is 4.22. The molecule has 0 radical (unpaired) electrons. The standard InChI is InChI=1S/C12H18N2O2/c1-16-10-4-7-14(8-5-10)9-12(15)11-3-2-6-13-11/h2-3,6,10,13H,4-5,7-9H2,1H3. The van der Waals surface area contributed by atoms with Crippen molar-refractivity contribution in [1.29, 1.82) is 0 Å². The molecule has 1 aliphatic rings. The van der Waals surface area contributed by atoms with Crippen LogP contribution in [0.3, 0.4) is 0 Å². The molecule has 0 unspecified atom stereocenters. The van der Waals surface area contributed by atoms with E-state index in [1.54, 1.807) is 13.3 Å². The molecule has 0 bridgehead atoms. The molecule has 1 aromatic rings. The fraction of sp³-hybridized carbons (Fsp3) is 0.583. The molecule has 0 saturated carbocycles. The van der Waals surface area contributed by atoms with Gasteiger partial charge in [-0.05, 0) is 25.0 Å². The Morgan fingerprint density at radius 3 is 2.88 bits per heavy atom. The lowest BCUT2D eigenvalue weighted by molar-refractivity contribution is 0.0401. The smallest absolute Gasteiger partial charge is 0.192 e. The van der Waals surface area contributed by atoms with Gasteiger partial charge in [0.2, 0.25) is 0 Å². The molecule has 4 nitrogen and oxygen atoms in total. The summed E-state index contributed by atoms with van der Waals surface area (Å²) in [6, 6.07) is 3.68. The summed E-state index contributed by atoms with van der Waals surface area (Å²) < 4.78 is 5.30. The first-order chi connectivity index (χ1) is 7.79. The number of nitrogens with zero attached hydrogens (tertiary/aromatic N) is 1. The van der Waals surface area contributed by atoms with Crippen LogP contribution in [0.25, 0.3) is 0 Å². The summed E-state index contributed by atoms with van der Waals surface area (Å²) >= 11 is 0. The van der Waals surface area contributed by atoms with Crippen LogP contribution in [0.2, 0.25) is 0 Å².